The minimum atomic E-state index is -3.24. The Balaban J connectivity index is 2.79. The van der Waals surface area contributed by atoms with Gasteiger partial charge in [-0.05, 0) is 38.4 Å². The quantitative estimate of drug-likeness (QED) is 0.771. The molecular weight excluding hydrogens is 244 g/mol. The van der Waals surface area contributed by atoms with Crippen molar-refractivity contribution in [3.05, 3.63) is 29.3 Å². The molecule has 0 unspecified atom stereocenters. The number of hydrogen-bond donors (Lipinski definition) is 0. The van der Waals surface area contributed by atoms with Gasteiger partial charge in [0.15, 0.2) is 0 Å². The minimum absolute atomic E-state index is 0.432. The van der Waals surface area contributed by atoms with Crippen molar-refractivity contribution in [2.45, 2.75) is 0 Å². The summed E-state index contributed by atoms with van der Waals surface area (Å²) < 4.78 is 18.0. The van der Waals surface area contributed by atoms with E-state index in [1.54, 1.807) is 38.4 Å². The molecule has 0 heterocycles. The molecule has 0 saturated heterocycles. The van der Waals surface area contributed by atoms with Crippen LogP contribution in [0.15, 0.2) is 24.3 Å². The Labute approximate surface area is 92.9 Å². The molecule has 0 aliphatic carbocycles. The molecule has 0 radical (unpaired) electrons. The second-order valence-electron chi connectivity index (χ2n) is 2.84. The molecule has 3 nitrogen and oxygen atoms in total. The summed E-state index contributed by atoms with van der Waals surface area (Å²) in [5.41, 5.74) is 0. The van der Waals surface area contributed by atoms with Gasteiger partial charge in [0.2, 0.25) is 0 Å². The van der Waals surface area contributed by atoms with Crippen molar-refractivity contribution in [3.63, 3.8) is 0 Å². The van der Waals surface area contributed by atoms with Gasteiger partial charge < -0.3 is 4.52 Å². The molecule has 1 aromatic carbocycles. The summed E-state index contributed by atoms with van der Waals surface area (Å²) in [5.74, 6) is 0.432. The zero-order valence-corrected chi connectivity index (χ0v) is 10.2. The van der Waals surface area contributed by atoms with Crippen LogP contribution in [0, 0.1) is 0 Å². The van der Waals surface area contributed by atoms with Crippen molar-refractivity contribution >= 4 is 29.7 Å². The lowest BCUT2D eigenvalue weighted by Gasteiger charge is -2.18. The van der Waals surface area contributed by atoms with Gasteiger partial charge in [-0.25, -0.2) is 9.24 Å². The summed E-state index contributed by atoms with van der Waals surface area (Å²) in [5, 5.41) is 0.589. The average molecular weight is 254 g/mol. The van der Waals surface area contributed by atoms with E-state index in [9.17, 15) is 4.57 Å². The molecule has 1 rings (SSSR count). The zero-order valence-electron chi connectivity index (χ0n) is 7.78. The van der Waals surface area contributed by atoms with Gasteiger partial charge in [0.05, 0.1) is 0 Å². The summed E-state index contributed by atoms with van der Waals surface area (Å²) >= 11 is 11.3. The summed E-state index contributed by atoms with van der Waals surface area (Å²) in [6.07, 6.45) is 0. The molecule has 0 aliphatic rings. The third-order valence-corrected chi connectivity index (χ3v) is 4.27. The van der Waals surface area contributed by atoms with Crippen LogP contribution in [0.2, 0.25) is 5.02 Å². The predicted octanol–water partition coefficient (Wildman–Crippen LogP) is 3.63. The average Bonchev–Trinajstić information content (AvgIpc) is 2.08. The number of hydrogen-bond acceptors (Lipinski definition) is 2. The predicted molar refractivity (Wildman–Crippen MR) is 59.2 cm³/mol. The maximum atomic E-state index is 11.6. The molecule has 0 bridgehead atoms. The van der Waals surface area contributed by atoms with Crippen molar-refractivity contribution < 1.29 is 9.09 Å². The lowest BCUT2D eigenvalue weighted by atomic mass is 10.3. The van der Waals surface area contributed by atoms with E-state index >= 15 is 0 Å². The first-order chi connectivity index (χ1) is 6.42. The normalized spacial score (nSPS) is 15.2. The van der Waals surface area contributed by atoms with Crippen LogP contribution in [0.3, 0.4) is 0 Å². The second-order valence-corrected chi connectivity index (χ2v) is 6.45. The summed E-state index contributed by atoms with van der Waals surface area (Å²) in [4.78, 5) is 0. The summed E-state index contributed by atoms with van der Waals surface area (Å²) in [6.45, 7) is -3.24. The SMILES string of the molecule is CN(C)[P@@](=O)(Cl)Oc1ccc(Cl)cc1. The number of nitrogens with zero attached hydrogens (tertiary/aromatic N) is 1. The standard InChI is InChI=1S/C8H10Cl2NO2P/c1-11(2)14(10,12)13-8-5-3-7(9)4-6-8/h3-6H,1-2H3/t14-/m1/s1. The fourth-order valence-corrected chi connectivity index (χ4v) is 1.62. The van der Waals surface area contributed by atoms with Gasteiger partial charge in [-0.2, -0.15) is 0 Å². The molecule has 0 spiro atoms. The Morgan fingerprint density at radius 3 is 2.21 bits per heavy atom. The Kier molecular flexibility index (Phi) is 3.85. The van der Waals surface area contributed by atoms with Crippen molar-refractivity contribution in [2.24, 2.45) is 0 Å². The monoisotopic (exact) mass is 253 g/mol. The van der Waals surface area contributed by atoms with Gasteiger partial charge in [0.1, 0.15) is 5.75 Å². The van der Waals surface area contributed by atoms with Crippen molar-refractivity contribution in [1.29, 1.82) is 0 Å². The Hall–Kier alpha value is -0.210. The summed E-state index contributed by atoms with van der Waals surface area (Å²) in [6, 6.07) is 6.51. The highest BCUT2D eigenvalue weighted by Gasteiger charge is 2.23. The smallest absolute Gasteiger partial charge is 0.411 e. The lowest BCUT2D eigenvalue weighted by Crippen LogP contribution is -2.08. The van der Waals surface area contributed by atoms with E-state index in [0.717, 1.165) is 0 Å². The van der Waals surface area contributed by atoms with Gasteiger partial charge >= 0.3 is 6.87 Å². The van der Waals surface area contributed by atoms with Crippen LogP contribution in [0.5, 0.6) is 5.75 Å². The van der Waals surface area contributed by atoms with Crippen LogP contribution in [0.25, 0.3) is 0 Å². The van der Waals surface area contributed by atoms with E-state index in [-0.39, 0.29) is 0 Å². The van der Waals surface area contributed by atoms with Crippen molar-refractivity contribution in [1.82, 2.24) is 4.67 Å². The molecule has 0 aromatic heterocycles. The Bertz CT molecular complexity index is 353. The maximum Gasteiger partial charge on any atom is 0.411 e. The third kappa shape index (κ3) is 3.18. The minimum Gasteiger partial charge on any atom is -0.422 e. The number of halogens is 2. The van der Waals surface area contributed by atoms with E-state index < -0.39 is 6.87 Å². The zero-order chi connectivity index (χ0) is 10.8. The molecule has 0 N–H and O–H groups in total. The van der Waals surface area contributed by atoms with Gasteiger partial charge in [0.25, 0.3) is 0 Å². The molecule has 0 aliphatic heterocycles. The second kappa shape index (κ2) is 4.54. The van der Waals surface area contributed by atoms with Crippen LogP contribution in [0.1, 0.15) is 0 Å². The van der Waals surface area contributed by atoms with Gasteiger partial charge in [0, 0.05) is 16.3 Å². The fourth-order valence-electron chi connectivity index (χ4n) is 0.707. The van der Waals surface area contributed by atoms with Gasteiger partial charge in [-0.15, -0.1) is 0 Å². The van der Waals surface area contributed by atoms with Crippen LogP contribution in [-0.2, 0) is 4.57 Å². The topological polar surface area (TPSA) is 29.5 Å². The first kappa shape index (κ1) is 11.9. The molecule has 6 heteroatoms. The third-order valence-electron chi connectivity index (χ3n) is 1.51. The lowest BCUT2D eigenvalue weighted by molar-refractivity contribution is 0.436. The van der Waals surface area contributed by atoms with E-state index in [2.05, 4.69) is 0 Å². The highest BCUT2D eigenvalue weighted by molar-refractivity contribution is 7.83. The van der Waals surface area contributed by atoms with Crippen molar-refractivity contribution in [3.8, 4) is 5.75 Å². The van der Waals surface area contributed by atoms with Gasteiger partial charge in [-0.3, -0.25) is 0 Å². The highest BCUT2D eigenvalue weighted by Crippen LogP contribution is 2.53. The molecule has 14 heavy (non-hydrogen) atoms. The molecule has 0 amide bonds. The van der Waals surface area contributed by atoms with Gasteiger partial charge in [-0.1, -0.05) is 11.6 Å². The van der Waals surface area contributed by atoms with Crippen molar-refractivity contribution in [2.75, 3.05) is 14.1 Å². The van der Waals surface area contributed by atoms with E-state index in [1.165, 1.54) is 4.67 Å². The molecule has 0 fully saturated rings. The van der Waals surface area contributed by atoms with Crippen LogP contribution in [-0.4, -0.2) is 18.8 Å². The number of rotatable bonds is 3. The number of benzene rings is 1. The first-order valence-corrected chi connectivity index (χ1v) is 6.70. The molecular formula is C8H10Cl2NO2P. The summed E-state index contributed by atoms with van der Waals surface area (Å²) in [7, 11) is 3.17. The molecule has 78 valence electrons. The Morgan fingerprint density at radius 1 is 1.29 bits per heavy atom. The van der Waals surface area contributed by atoms with E-state index in [4.69, 9.17) is 27.4 Å². The fraction of sp³-hybridized carbons (Fsp3) is 0.250. The van der Waals surface area contributed by atoms with Crippen LogP contribution >= 0.6 is 29.7 Å². The largest absolute Gasteiger partial charge is 0.422 e. The van der Waals surface area contributed by atoms with E-state index in [1.807, 2.05) is 0 Å². The molecule has 0 saturated carbocycles. The molecule has 1 aromatic rings. The van der Waals surface area contributed by atoms with Crippen LogP contribution < -0.4 is 4.52 Å². The Morgan fingerprint density at radius 2 is 1.79 bits per heavy atom. The highest BCUT2D eigenvalue weighted by atomic mass is 35.7. The van der Waals surface area contributed by atoms with Crippen LogP contribution in [0.4, 0.5) is 0 Å². The first-order valence-electron chi connectivity index (χ1n) is 3.84. The van der Waals surface area contributed by atoms with E-state index in [0.29, 0.717) is 10.8 Å². The molecule has 1 atom stereocenters. The maximum absolute atomic E-state index is 11.6.